The molecule has 0 bridgehead atoms. The molecule has 0 fully saturated rings. The van der Waals surface area contributed by atoms with E-state index in [1.165, 1.54) is 66.1 Å². The van der Waals surface area contributed by atoms with Crippen molar-refractivity contribution in [3.63, 3.8) is 0 Å². The normalized spacial score (nSPS) is 17.5. The number of furan rings is 1. The predicted molar refractivity (Wildman–Crippen MR) is 179 cm³/mol. The minimum Gasteiger partial charge on any atom is -0.456 e. The molecule has 43 heavy (non-hydrogen) atoms. The van der Waals surface area contributed by atoms with Crippen molar-refractivity contribution in [1.29, 1.82) is 0 Å². The van der Waals surface area contributed by atoms with E-state index in [4.69, 9.17) is 4.42 Å². The average Bonchev–Trinajstić information content (AvgIpc) is 3.46. The van der Waals surface area contributed by atoms with Crippen molar-refractivity contribution in [2.45, 2.75) is 5.92 Å². The van der Waals surface area contributed by atoms with E-state index in [1.54, 1.807) is 0 Å². The van der Waals surface area contributed by atoms with Crippen LogP contribution in [0, 0.1) is 5.92 Å². The molecular formula is C42H28O. The second kappa shape index (κ2) is 9.58. The number of fused-ring (bicyclic) bond motifs is 6. The molecule has 0 saturated carbocycles. The molecule has 6 aromatic carbocycles. The fourth-order valence-corrected chi connectivity index (χ4v) is 7.39. The second-order valence-corrected chi connectivity index (χ2v) is 11.6. The average molecular weight is 549 g/mol. The zero-order chi connectivity index (χ0) is 28.3. The number of hydrogen-bond donors (Lipinski definition) is 0. The van der Waals surface area contributed by atoms with Gasteiger partial charge in [0.05, 0.1) is 0 Å². The highest BCUT2D eigenvalue weighted by Gasteiger charge is 2.36. The van der Waals surface area contributed by atoms with Gasteiger partial charge in [-0.05, 0) is 73.5 Å². The summed E-state index contributed by atoms with van der Waals surface area (Å²) >= 11 is 0. The van der Waals surface area contributed by atoms with Crippen molar-refractivity contribution in [3.05, 3.63) is 186 Å². The smallest absolute Gasteiger partial charge is 0.135 e. The molecule has 2 atom stereocenters. The molecule has 2 aliphatic rings. The molecular weight excluding hydrogens is 520 g/mol. The predicted octanol–water partition coefficient (Wildman–Crippen LogP) is 11.1. The first kappa shape index (κ1) is 24.2. The van der Waals surface area contributed by atoms with Crippen molar-refractivity contribution in [2.75, 3.05) is 0 Å². The van der Waals surface area contributed by atoms with Gasteiger partial charge in [-0.2, -0.15) is 0 Å². The lowest BCUT2D eigenvalue weighted by atomic mass is 9.66. The largest absolute Gasteiger partial charge is 0.456 e. The Morgan fingerprint density at radius 1 is 0.512 bits per heavy atom. The monoisotopic (exact) mass is 548 g/mol. The standard InChI is InChI=1S/C42H28O/c1-2-11-30-26-31(25-22-27(30)10-1)28-20-23-29(24-21-28)40-32-12-3-5-14-34(32)41(35-15-6-4-13-33(35)40)37-17-9-19-39-42(37)36-16-7-8-18-38(36)43-39/h1-26,34,41H. The van der Waals surface area contributed by atoms with E-state index in [0.29, 0.717) is 0 Å². The summed E-state index contributed by atoms with van der Waals surface area (Å²) in [7, 11) is 0. The van der Waals surface area contributed by atoms with Gasteiger partial charge in [-0.15, -0.1) is 0 Å². The maximum Gasteiger partial charge on any atom is 0.135 e. The quantitative estimate of drug-likeness (QED) is 0.214. The molecule has 0 N–H and O–H groups in total. The van der Waals surface area contributed by atoms with E-state index in [9.17, 15) is 0 Å². The van der Waals surface area contributed by atoms with Gasteiger partial charge in [-0.3, -0.25) is 0 Å². The van der Waals surface area contributed by atoms with Crippen molar-refractivity contribution in [2.24, 2.45) is 5.92 Å². The lowest BCUT2D eigenvalue weighted by Gasteiger charge is -2.37. The summed E-state index contributed by atoms with van der Waals surface area (Å²) in [6.45, 7) is 0. The summed E-state index contributed by atoms with van der Waals surface area (Å²) < 4.78 is 6.33. The molecule has 0 amide bonds. The Balaban J connectivity index is 1.21. The van der Waals surface area contributed by atoms with Crippen LogP contribution in [0.2, 0.25) is 0 Å². The van der Waals surface area contributed by atoms with Gasteiger partial charge in [0.2, 0.25) is 0 Å². The Labute approximate surface area is 250 Å². The van der Waals surface area contributed by atoms with Crippen LogP contribution in [0.25, 0.3) is 49.4 Å². The zero-order valence-corrected chi connectivity index (χ0v) is 23.6. The minimum absolute atomic E-state index is 0.178. The van der Waals surface area contributed by atoms with Gasteiger partial charge in [0, 0.05) is 22.6 Å². The molecule has 2 aliphatic carbocycles. The summed E-state index contributed by atoms with van der Waals surface area (Å²) in [6.07, 6.45) is 9.12. The number of hydrogen-bond acceptors (Lipinski definition) is 1. The summed E-state index contributed by atoms with van der Waals surface area (Å²) in [5.74, 6) is 0.395. The zero-order valence-electron chi connectivity index (χ0n) is 23.6. The van der Waals surface area contributed by atoms with Crippen LogP contribution in [0.1, 0.15) is 28.2 Å². The van der Waals surface area contributed by atoms with Gasteiger partial charge in [0.1, 0.15) is 11.2 Å². The van der Waals surface area contributed by atoms with E-state index >= 15 is 0 Å². The summed E-state index contributed by atoms with van der Waals surface area (Å²) in [4.78, 5) is 0. The number of allylic oxidation sites excluding steroid dienone is 5. The summed E-state index contributed by atoms with van der Waals surface area (Å²) in [5, 5.41) is 4.94. The van der Waals surface area contributed by atoms with E-state index in [1.807, 2.05) is 6.07 Å². The van der Waals surface area contributed by atoms with Crippen LogP contribution >= 0.6 is 0 Å². The second-order valence-electron chi connectivity index (χ2n) is 11.6. The minimum atomic E-state index is 0.178. The van der Waals surface area contributed by atoms with E-state index in [-0.39, 0.29) is 11.8 Å². The molecule has 2 unspecified atom stereocenters. The number of benzene rings is 6. The first-order chi connectivity index (χ1) is 21.3. The first-order valence-corrected chi connectivity index (χ1v) is 15.0. The third kappa shape index (κ3) is 3.78. The fourth-order valence-electron chi connectivity index (χ4n) is 7.39. The van der Waals surface area contributed by atoms with E-state index in [2.05, 4.69) is 152 Å². The number of para-hydroxylation sites is 1. The molecule has 0 saturated heterocycles. The Kier molecular flexibility index (Phi) is 5.39. The van der Waals surface area contributed by atoms with Crippen LogP contribution < -0.4 is 0 Å². The molecule has 1 aromatic heterocycles. The SMILES string of the molecule is C1=CC2=C(c3ccc(-c4ccc5ccccc5c4)cc3)c3ccccc3C(c3cccc4oc5ccccc5c34)C2C=C1. The molecule has 7 aromatic rings. The molecule has 1 heterocycles. The third-order valence-corrected chi connectivity index (χ3v) is 9.30. The highest BCUT2D eigenvalue weighted by molar-refractivity contribution is 6.07. The van der Waals surface area contributed by atoms with Gasteiger partial charge in [0.25, 0.3) is 0 Å². The molecule has 0 spiro atoms. The highest BCUT2D eigenvalue weighted by atomic mass is 16.3. The lowest BCUT2D eigenvalue weighted by molar-refractivity contribution is 0.649. The Morgan fingerprint density at radius 2 is 1.23 bits per heavy atom. The maximum absolute atomic E-state index is 6.33. The van der Waals surface area contributed by atoms with E-state index < -0.39 is 0 Å². The lowest BCUT2D eigenvalue weighted by Crippen LogP contribution is -2.23. The van der Waals surface area contributed by atoms with Crippen LogP contribution in [0.4, 0.5) is 0 Å². The highest BCUT2D eigenvalue weighted by Crippen LogP contribution is 2.52. The van der Waals surface area contributed by atoms with Crippen molar-refractivity contribution < 1.29 is 4.42 Å². The Hall–Kier alpha value is -5.40. The van der Waals surface area contributed by atoms with Crippen LogP contribution in [0.5, 0.6) is 0 Å². The van der Waals surface area contributed by atoms with Gasteiger partial charge in [-0.25, -0.2) is 0 Å². The first-order valence-electron chi connectivity index (χ1n) is 15.0. The molecule has 0 radical (unpaired) electrons. The van der Waals surface area contributed by atoms with Gasteiger partial charge in [-0.1, -0.05) is 140 Å². The Morgan fingerprint density at radius 3 is 2.16 bits per heavy atom. The van der Waals surface area contributed by atoms with Crippen molar-refractivity contribution in [3.8, 4) is 11.1 Å². The van der Waals surface area contributed by atoms with Gasteiger partial charge >= 0.3 is 0 Å². The fraction of sp³-hybridized carbons (Fsp3) is 0.0476. The molecule has 9 rings (SSSR count). The molecule has 1 nitrogen and oxygen atoms in total. The maximum atomic E-state index is 6.33. The van der Waals surface area contributed by atoms with Crippen LogP contribution in [0.3, 0.4) is 0 Å². The summed E-state index contributed by atoms with van der Waals surface area (Å²) in [6, 6.07) is 48.4. The van der Waals surface area contributed by atoms with Gasteiger partial charge < -0.3 is 4.42 Å². The van der Waals surface area contributed by atoms with Gasteiger partial charge in [0.15, 0.2) is 0 Å². The molecule has 1 heteroatoms. The van der Waals surface area contributed by atoms with Crippen molar-refractivity contribution >= 4 is 38.3 Å². The molecule has 0 aliphatic heterocycles. The van der Waals surface area contributed by atoms with Crippen LogP contribution in [-0.2, 0) is 0 Å². The Bertz CT molecular complexity index is 2290. The van der Waals surface area contributed by atoms with Crippen molar-refractivity contribution in [1.82, 2.24) is 0 Å². The van der Waals surface area contributed by atoms with E-state index in [0.717, 1.165) is 11.2 Å². The van der Waals surface area contributed by atoms with Crippen LogP contribution in [0.15, 0.2) is 168 Å². The topological polar surface area (TPSA) is 13.1 Å². The molecule has 202 valence electrons. The summed E-state index contributed by atoms with van der Waals surface area (Å²) in [5.41, 5.74) is 12.3. The third-order valence-electron chi connectivity index (χ3n) is 9.30. The number of rotatable bonds is 3. The van der Waals surface area contributed by atoms with Crippen LogP contribution in [-0.4, -0.2) is 0 Å².